The number of benzene rings is 1. The Morgan fingerprint density at radius 3 is 2.48 bits per heavy atom. The first-order chi connectivity index (χ1) is 12.0. The lowest BCUT2D eigenvalue weighted by molar-refractivity contribution is -0.383. The predicted octanol–water partition coefficient (Wildman–Crippen LogP) is 4.34. The number of nitro groups is 1. The molecule has 2 N–H and O–H groups in total. The molecule has 0 saturated carbocycles. The van der Waals surface area contributed by atoms with Gasteiger partial charge in [0.05, 0.1) is 10.6 Å². The predicted molar refractivity (Wildman–Crippen MR) is 98.4 cm³/mol. The van der Waals surface area contributed by atoms with E-state index in [1.807, 2.05) is 31.2 Å². The average molecular weight is 401 g/mol. The van der Waals surface area contributed by atoms with Crippen molar-refractivity contribution < 1.29 is 4.92 Å². The first-order valence-electron chi connectivity index (χ1n) is 7.25. The molecule has 3 rings (SSSR count). The summed E-state index contributed by atoms with van der Waals surface area (Å²) in [6.07, 6.45) is 2.87. The van der Waals surface area contributed by atoms with Gasteiger partial charge < -0.3 is 10.6 Å². The number of nitrogens with one attached hydrogen (secondary N) is 2. The number of nitrogens with zero attached hydrogens (tertiary/aromatic N) is 4. The Labute approximate surface area is 151 Å². The molecule has 0 radical (unpaired) electrons. The second kappa shape index (κ2) is 7.22. The molecular formula is C16H13BrN6O2. The Kier molecular flexibility index (Phi) is 4.85. The third-order valence-electron chi connectivity index (χ3n) is 3.29. The van der Waals surface area contributed by atoms with E-state index in [2.05, 4.69) is 41.5 Å². The summed E-state index contributed by atoms with van der Waals surface area (Å²) in [5.74, 6) is 0.614. The molecule has 0 aliphatic carbocycles. The van der Waals surface area contributed by atoms with Crippen LogP contribution in [0.1, 0.15) is 5.56 Å². The lowest BCUT2D eigenvalue weighted by Gasteiger charge is -2.10. The number of pyridine rings is 1. The highest BCUT2D eigenvalue weighted by molar-refractivity contribution is 9.10. The van der Waals surface area contributed by atoms with Crippen LogP contribution in [0.5, 0.6) is 0 Å². The van der Waals surface area contributed by atoms with Gasteiger partial charge in [-0.15, -0.1) is 0 Å². The number of halogens is 1. The molecule has 2 heterocycles. The van der Waals surface area contributed by atoms with E-state index >= 15 is 0 Å². The molecular weight excluding hydrogens is 388 g/mol. The number of hydrogen-bond acceptors (Lipinski definition) is 7. The summed E-state index contributed by atoms with van der Waals surface area (Å²) in [4.78, 5) is 23.2. The summed E-state index contributed by atoms with van der Waals surface area (Å²) in [5.41, 5.74) is 1.37. The lowest BCUT2D eigenvalue weighted by atomic mass is 10.3. The molecule has 126 valence electrons. The van der Waals surface area contributed by atoms with Gasteiger partial charge in [0.15, 0.2) is 0 Å². The van der Waals surface area contributed by atoms with Crippen molar-refractivity contribution in [3.63, 3.8) is 0 Å². The van der Waals surface area contributed by atoms with E-state index in [1.54, 1.807) is 18.3 Å². The summed E-state index contributed by atoms with van der Waals surface area (Å²) in [7, 11) is 0. The summed E-state index contributed by atoms with van der Waals surface area (Å²) < 4.78 is 0.762. The molecule has 8 nitrogen and oxygen atoms in total. The van der Waals surface area contributed by atoms with Crippen LogP contribution in [-0.2, 0) is 0 Å². The van der Waals surface area contributed by atoms with Crippen molar-refractivity contribution in [1.82, 2.24) is 15.0 Å². The van der Waals surface area contributed by atoms with Crippen molar-refractivity contribution in [3.05, 3.63) is 69.1 Å². The van der Waals surface area contributed by atoms with Crippen molar-refractivity contribution in [2.45, 2.75) is 6.92 Å². The fourth-order valence-electron chi connectivity index (χ4n) is 2.15. The zero-order chi connectivity index (χ0) is 17.8. The van der Waals surface area contributed by atoms with Gasteiger partial charge in [-0.05, 0) is 52.7 Å². The SMILES string of the molecule is Cc1ccnc(Nc2ncnc(Nc3ccccc3Br)c2[N+](=O)[O-])c1. The summed E-state index contributed by atoms with van der Waals surface area (Å²) in [6, 6.07) is 10.9. The monoisotopic (exact) mass is 400 g/mol. The van der Waals surface area contributed by atoms with Crippen LogP contribution < -0.4 is 10.6 Å². The third kappa shape index (κ3) is 3.89. The summed E-state index contributed by atoms with van der Waals surface area (Å²) in [6.45, 7) is 1.90. The molecule has 0 saturated heterocycles. The Morgan fingerprint density at radius 1 is 1.08 bits per heavy atom. The second-order valence-corrected chi connectivity index (χ2v) is 5.98. The summed E-state index contributed by atoms with van der Waals surface area (Å²) in [5, 5.41) is 17.4. The van der Waals surface area contributed by atoms with Gasteiger partial charge in [-0.2, -0.15) is 0 Å². The van der Waals surface area contributed by atoms with Crippen LogP contribution in [0, 0.1) is 17.0 Å². The Morgan fingerprint density at radius 2 is 1.80 bits per heavy atom. The van der Waals surface area contributed by atoms with Crippen LogP contribution in [0.15, 0.2) is 53.4 Å². The topological polar surface area (TPSA) is 106 Å². The molecule has 0 fully saturated rings. The van der Waals surface area contributed by atoms with E-state index in [1.165, 1.54) is 6.33 Å². The largest absolute Gasteiger partial charge is 0.353 e. The Balaban J connectivity index is 2.00. The molecule has 0 unspecified atom stereocenters. The van der Waals surface area contributed by atoms with E-state index in [0.717, 1.165) is 10.0 Å². The smallest absolute Gasteiger partial charge is 0.333 e. The zero-order valence-electron chi connectivity index (χ0n) is 13.1. The third-order valence-corrected chi connectivity index (χ3v) is 3.99. The van der Waals surface area contributed by atoms with Crippen molar-refractivity contribution in [1.29, 1.82) is 0 Å². The molecule has 0 aliphatic heterocycles. The molecule has 0 spiro atoms. The maximum absolute atomic E-state index is 11.6. The van der Waals surface area contributed by atoms with Crippen LogP contribution in [0.25, 0.3) is 0 Å². The average Bonchev–Trinajstić information content (AvgIpc) is 2.57. The fraction of sp³-hybridized carbons (Fsp3) is 0.0625. The highest BCUT2D eigenvalue weighted by Gasteiger charge is 2.24. The van der Waals surface area contributed by atoms with E-state index in [0.29, 0.717) is 11.5 Å². The van der Waals surface area contributed by atoms with Gasteiger partial charge in [0.25, 0.3) is 0 Å². The van der Waals surface area contributed by atoms with Crippen LogP contribution in [0.4, 0.5) is 28.8 Å². The van der Waals surface area contributed by atoms with Gasteiger partial charge in [0, 0.05) is 10.7 Å². The first-order valence-corrected chi connectivity index (χ1v) is 8.04. The van der Waals surface area contributed by atoms with Gasteiger partial charge in [0.1, 0.15) is 12.1 Å². The van der Waals surface area contributed by atoms with Gasteiger partial charge in [-0.25, -0.2) is 15.0 Å². The molecule has 1 aromatic carbocycles. The number of aryl methyl sites for hydroxylation is 1. The maximum atomic E-state index is 11.6. The van der Waals surface area contributed by atoms with E-state index in [9.17, 15) is 10.1 Å². The van der Waals surface area contributed by atoms with Gasteiger partial charge in [-0.3, -0.25) is 10.1 Å². The minimum atomic E-state index is -0.530. The normalized spacial score (nSPS) is 10.3. The molecule has 9 heteroatoms. The van der Waals surface area contributed by atoms with E-state index in [4.69, 9.17) is 0 Å². The molecule has 0 atom stereocenters. The highest BCUT2D eigenvalue weighted by atomic mass is 79.9. The zero-order valence-corrected chi connectivity index (χ0v) is 14.7. The van der Waals surface area contributed by atoms with E-state index in [-0.39, 0.29) is 17.3 Å². The van der Waals surface area contributed by atoms with Crippen LogP contribution in [0.3, 0.4) is 0 Å². The van der Waals surface area contributed by atoms with Gasteiger partial charge >= 0.3 is 5.69 Å². The number of aromatic nitrogens is 3. The molecule has 2 aromatic heterocycles. The van der Waals surface area contributed by atoms with Crippen molar-refractivity contribution >= 4 is 44.8 Å². The van der Waals surface area contributed by atoms with Crippen LogP contribution in [0.2, 0.25) is 0 Å². The fourth-order valence-corrected chi connectivity index (χ4v) is 2.53. The number of hydrogen-bond donors (Lipinski definition) is 2. The van der Waals surface area contributed by atoms with E-state index < -0.39 is 4.92 Å². The van der Waals surface area contributed by atoms with Crippen molar-refractivity contribution in [2.24, 2.45) is 0 Å². The summed E-state index contributed by atoms with van der Waals surface area (Å²) >= 11 is 3.39. The Bertz CT molecular complexity index is 934. The van der Waals surface area contributed by atoms with Gasteiger partial charge in [0.2, 0.25) is 11.6 Å². The minimum absolute atomic E-state index is 0.0626. The quantitative estimate of drug-likeness (QED) is 0.484. The standard InChI is InChI=1S/C16H13BrN6O2/c1-10-6-7-18-13(8-10)22-16-14(23(24)25)15(19-9-20-16)21-12-5-3-2-4-11(12)17/h2-9H,1H3,(H2,18,19,20,21,22). The second-order valence-electron chi connectivity index (χ2n) is 5.12. The maximum Gasteiger partial charge on any atom is 0.353 e. The Hall–Kier alpha value is -3.07. The number of rotatable bonds is 5. The van der Waals surface area contributed by atoms with Crippen molar-refractivity contribution in [2.75, 3.05) is 10.6 Å². The number of para-hydroxylation sites is 1. The minimum Gasteiger partial charge on any atom is -0.333 e. The van der Waals surface area contributed by atoms with Crippen LogP contribution in [-0.4, -0.2) is 19.9 Å². The molecule has 0 bridgehead atoms. The lowest BCUT2D eigenvalue weighted by Crippen LogP contribution is -2.06. The molecule has 25 heavy (non-hydrogen) atoms. The molecule has 0 amide bonds. The van der Waals surface area contributed by atoms with Gasteiger partial charge in [-0.1, -0.05) is 12.1 Å². The highest BCUT2D eigenvalue weighted by Crippen LogP contribution is 2.34. The molecule has 0 aliphatic rings. The first kappa shape index (κ1) is 16.8. The van der Waals surface area contributed by atoms with Crippen LogP contribution >= 0.6 is 15.9 Å². The molecule has 3 aromatic rings. The van der Waals surface area contributed by atoms with Crippen molar-refractivity contribution in [3.8, 4) is 0 Å². The number of anilines is 4.